The topological polar surface area (TPSA) is 12.0 Å². The monoisotopic (exact) mass is 333 g/mol. The van der Waals surface area contributed by atoms with Gasteiger partial charge in [-0.25, -0.2) is 4.39 Å². The third-order valence-corrected chi connectivity index (χ3v) is 4.35. The third-order valence-electron chi connectivity index (χ3n) is 2.32. The van der Waals surface area contributed by atoms with E-state index in [-0.39, 0.29) is 11.9 Å². The van der Waals surface area contributed by atoms with Crippen molar-refractivity contribution in [1.29, 1.82) is 0 Å². The van der Waals surface area contributed by atoms with Crippen molar-refractivity contribution in [2.24, 2.45) is 0 Å². The second-order valence-corrected chi connectivity index (χ2v) is 6.24. The Balaban J connectivity index is 2.12. The van der Waals surface area contributed by atoms with Gasteiger partial charge < -0.3 is 5.32 Å². The summed E-state index contributed by atoms with van der Waals surface area (Å²) in [6.45, 7) is 2.04. The molecule has 0 aliphatic rings. The van der Waals surface area contributed by atoms with Gasteiger partial charge in [-0.15, -0.1) is 11.3 Å². The van der Waals surface area contributed by atoms with Crippen LogP contribution in [0.4, 0.5) is 10.1 Å². The lowest BCUT2D eigenvalue weighted by atomic mass is 10.2. The Kier molecular flexibility index (Phi) is 4.07. The summed E-state index contributed by atoms with van der Waals surface area (Å²) >= 11 is 10.6. The van der Waals surface area contributed by atoms with Gasteiger partial charge in [0.2, 0.25) is 0 Å². The van der Waals surface area contributed by atoms with E-state index >= 15 is 0 Å². The molecule has 0 spiro atoms. The van der Waals surface area contributed by atoms with Crippen LogP contribution in [0.2, 0.25) is 4.34 Å². The summed E-state index contributed by atoms with van der Waals surface area (Å²) in [5, 5.41) is 3.29. The lowest BCUT2D eigenvalue weighted by molar-refractivity contribution is 0.621. The van der Waals surface area contributed by atoms with Crippen LogP contribution in [0.25, 0.3) is 0 Å². The maximum Gasteiger partial charge on any atom is 0.137 e. The molecule has 0 fully saturated rings. The van der Waals surface area contributed by atoms with Gasteiger partial charge in [0.15, 0.2) is 0 Å². The Bertz CT molecular complexity index is 529. The van der Waals surface area contributed by atoms with Gasteiger partial charge >= 0.3 is 0 Å². The smallest absolute Gasteiger partial charge is 0.137 e. The summed E-state index contributed by atoms with van der Waals surface area (Å²) in [4.78, 5) is 1.15. The fourth-order valence-corrected chi connectivity index (χ4v) is 2.91. The standard InChI is InChI=1S/C12H10BrClFNS/c1-7(11-4-5-12(14)17-11)16-8-2-3-10(15)9(13)6-8/h2-7,16H,1H3. The number of rotatable bonds is 3. The van der Waals surface area contributed by atoms with Crippen LogP contribution >= 0.6 is 38.9 Å². The number of benzene rings is 1. The summed E-state index contributed by atoms with van der Waals surface area (Å²) in [5.41, 5.74) is 0.871. The van der Waals surface area contributed by atoms with Crippen molar-refractivity contribution >= 4 is 44.6 Å². The molecule has 90 valence electrons. The maximum absolute atomic E-state index is 13.1. The predicted octanol–water partition coefficient (Wildman–Crippen LogP) is 5.48. The molecule has 17 heavy (non-hydrogen) atoms. The third kappa shape index (κ3) is 3.21. The molecule has 1 aromatic carbocycles. The van der Waals surface area contributed by atoms with Crippen molar-refractivity contribution in [1.82, 2.24) is 0 Å². The van der Waals surface area contributed by atoms with E-state index in [4.69, 9.17) is 11.6 Å². The summed E-state index contributed by atoms with van der Waals surface area (Å²) in [7, 11) is 0. The Morgan fingerprint density at radius 3 is 2.71 bits per heavy atom. The first kappa shape index (κ1) is 12.9. The molecule has 5 heteroatoms. The van der Waals surface area contributed by atoms with E-state index in [1.165, 1.54) is 17.4 Å². The zero-order valence-corrected chi connectivity index (χ0v) is 12.2. The summed E-state index contributed by atoms with van der Waals surface area (Å²) < 4.78 is 14.3. The van der Waals surface area contributed by atoms with E-state index in [2.05, 4.69) is 21.2 Å². The Morgan fingerprint density at radius 1 is 1.35 bits per heavy atom. The van der Waals surface area contributed by atoms with Crippen LogP contribution in [0.5, 0.6) is 0 Å². The normalized spacial score (nSPS) is 12.5. The first-order chi connectivity index (χ1) is 8.06. The van der Waals surface area contributed by atoms with E-state index < -0.39 is 0 Å². The highest BCUT2D eigenvalue weighted by Gasteiger charge is 2.09. The first-order valence-electron chi connectivity index (χ1n) is 5.03. The zero-order valence-electron chi connectivity index (χ0n) is 9.01. The summed E-state index contributed by atoms with van der Waals surface area (Å²) in [5.74, 6) is -0.262. The predicted molar refractivity (Wildman–Crippen MR) is 75.5 cm³/mol. The van der Waals surface area contributed by atoms with Crippen molar-refractivity contribution < 1.29 is 4.39 Å². The highest BCUT2D eigenvalue weighted by atomic mass is 79.9. The fraction of sp³-hybridized carbons (Fsp3) is 0.167. The lowest BCUT2D eigenvalue weighted by Gasteiger charge is -2.14. The number of hydrogen-bond donors (Lipinski definition) is 1. The van der Waals surface area contributed by atoms with Crippen LogP contribution < -0.4 is 5.32 Å². The lowest BCUT2D eigenvalue weighted by Crippen LogP contribution is -2.04. The van der Waals surface area contributed by atoms with E-state index in [0.29, 0.717) is 4.47 Å². The quantitative estimate of drug-likeness (QED) is 0.784. The molecule has 2 aromatic rings. The van der Waals surface area contributed by atoms with Crippen molar-refractivity contribution in [3.63, 3.8) is 0 Å². The van der Waals surface area contributed by atoms with E-state index in [9.17, 15) is 4.39 Å². The minimum absolute atomic E-state index is 0.143. The molecule has 0 radical (unpaired) electrons. The van der Waals surface area contributed by atoms with Gasteiger partial charge in [-0.05, 0) is 53.2 Å². The number of hydrogen-bond acceptors (Lipinski definition) is 2. The van der Waals surface area contributed by atoms with Crippen molar-refractivity contribution in [2.45, 2.75) is 13.0 Å². The highest BCUT2D eigenvalue weighted by Crippen LogP contribution is 2.29. The van der Waals surface area contributed by atoms with Gasteiger partial charge in [0, 0.05) is 10.6 Å². The molecule has 0 aliphatic heterocycles. The average molecular weight is 335 g/mol. The molecule has 1 nitrogen and oxygen atoms in total. The van der Waals surface area contributed by atoms with E-state index in [0.717, 1.165) is 14.9 Å². The van der Waals surface area contributed by atoms with Crippen LogP contribution in [0, 0.1) is 5.82 Å². The maximum atomic E-state index is 13.1. The molecule has 2 rings (SSSR count). The second-order valence-electron chi connectivity index (χ2n) is 3.64. The second kappa shape index (κ2) is 5.38. The summed E-state index contributed by atoms with van der Waals surface area (Å²) in [6.07, 6.45) is 0. The van der Waals surface area contributed by atoms with Gasteiger partial charge in [0.1, 0.15) is 5.82 Å². The van der Waals surface area contributed by atoms with Gasteiger partial charge in [-0.2, -0.15) is 0 Å². The molecule has 0 amide bonds. The van der Waals surface area contributed by atoms with Crippen LogP contribution in [0.3, 0.4) is 0 Å². The fourth-order valence-electron chi connectivity index (χ4n) is 1.47. The minimum Gasteiger partial charge on any atom is -0.378 e. The molecule has 1 N–H and O–H groups in total. The number of nitrogens with one attached hydrogen (secondary N) is 1. The van der Waals surface area contributed by atoms with Crippen molar-refractivity contribution in [3.8, 4) is 0 Å². The Hall–Kier alpha value is -0.580. The largest absolute Gasteiger partial charge is 0.378 e. The molecule has 0 saturated carbocycles. The molecule has 0 saturated heterocycles. The average Bonchev–Trinajstić information content (AvgIpc) is 2.70. The van der Waals surface area contributed by atoms with Crippen LogP contribution in [0.15, 0.2) is 34.8 Å². The van der Waals surface area contributed by atoms with E-state index in [1.54, 1.807) is 12.1 Å². The van der Waals surface area contributed by atoms with Gasteiger partial charge in [-0.3, -0.25) is 0 Å². The van der Waals surface area contributed by atoms with E-state index in [1.807, 2.05) is 19.1 Å². The van der Waals surface area contributed by atoms with Gasteiger partial charge in [0.05, 0.1) is 14.9 Å². The SMILES string of the molecule is CC(Nc1ccc(F)c(Br)c1)c1ccc(Cl)s1. The minimum atomic E-state index is -0.262. The van der Waals surface area contributed by atoms with Crippen LogP contribution in [-0.4, -0.2) is 0 Å². The Morgan fingerprint density at radius 2 is 2.12 bits per heavy atom. The molecule has 1 unspecified atom stereocenters. The number of halogens is 3. The first-order valence-corrected chi connectivity index (χ1v) is 7.02. The van der Waals surface area contributed by atoms with Crippen LogP contribution in [0.1, 0.15) is 17.8 Å². The molecule has 0 aliphatic carbocycles. The molecule has 0 bridgehead atoms. The highest BCUT2D eigenvalue weighted by molar-refractivity contribution is 9.10. The van der Waals surface area contributed by atoms with Crippen molar-refractivity contribution in [2.75, 3.05) is 5.32 Å². The number of thiophene rings is 1. The van der Waals surface area contributed by atoms with Crippen molar-refractivity contribution in [3.05, 3.63) is 49.8 Å². The molecule has 1 aromatic heterocycles. The molecule has 1 heterocycles. The number of anilines is 1. The Labute approximate surface area is 117 Å². The molecule has 1 atom stereocenters. The molecular formula is C12H10BrClFNS. The van der Waals surface area contributed by atoms with Crippen LogP contribution in [-0.2, 0) is 0 Å². The van der Waals surface area contributed by atoms with Gasteiger partial charge in [0.25, 0.3) is 0 Å². The zero-order chi connectivity index (χ0) is 12.4. The summed E-state index contributed by atoms with van der Waals surface area (Å²) in [6, 6.07) is 8.88. The molecular weight excluding hydrogens is 325 g/mol. The van der Waals surface area contributed by atoms with Gasteiger partial charge in [-0.1, -0.05) is 11.6 Å².